The first-order chi connectivity index (χ1) is 8.66. The van der Waals surface area contributed by atoms with Gasteiger partial charge in [0.1, 0.15) is 0 Å². The largest absolute Gasteiger partial charge is 0.324 e. The van der Waals surface area contributed by atoms with Crippen molar-refractivity contribution in [3.63, 3.8) is 0 Å². The molecule has 1 atom stereocenters. The predicted octanol–water partition coefficient (Wildman–Crippen LogP) is 1.68. The molecule has 18 heavy (non-hydrogen) atoms. The number of halogens is 1. The smallest absolute Gasteiger partial charge is 0.238 e. The minimum absolute atomic E-state index is 0.0376. The van der Waals surface area contributed by atoms with Crippen LogP contribution in [0.5, 0.6) is 0 Å². The summed E-state index contributed by atoms with van der Waals surface area (Å²) in [6.07, 6.45) is 0. The number of hydrogen-bond acceptors (Lipinski definition) is 3. The van der Waals surface area contributed by atoms with E-state index in [1.165, 1.54) is 0 Å². The highest BCUT2D eigenvalue weighted by molar-refractivity contribution is 9.10. The van der Waals surface area contributed by atoms with Crippen LogP contribution in [0.4, 0.5) is 5.69 Å². The van der Waals surface area contributed by atoms with E-state index < -0.39 is 0 Å². The molecule has 2 rings (SSSR count). The fourth-order valence-corrected chi connectivity index (χ4v) is 2.44. The van der Waals surface area contributed by atoms with Gasteiger partial charge in [0.25, 0.3) is 0 Å². The Morgan fingerprint density at radius 1 is 1.56 bits per heavy atom. The first kappa shape index (κ1) is 13.5. The maximum Gasteiger partial charge on any atom is 0.238 e. The molecule has 1 aromatic carbocycles. The molecule has 1 amide bonds. The molecule has 0 bridgehead atoms. The van der Waals surface area contributed by atoms with E-state index in [0.29, 0.717) is 12.6 Å². The van der Waals surface area contributed by atoms with Gasteiger partial charge in [-0.15, -0.1) is 0 Å². The second kappa shape index (κ2) is 6.31. The Kier molecular flexibility index (Phi) is 4.74. The highest BCUT2D eigenvalue weighted by Crippen LogP contribution is 2.21. The van der Waals surface area contributed by atoms with Gasteiger partial charge in [0.2, 0.25) is 5.91 Å². The second-order valence-electron chi connectivity index (χ2n) is 4.55. The van der Waals surface area contributed by atoms with Gasteiger partial charge >= 0.3 is 0 Å². The van der Waals surface area contributed by atoms with Crippen LogP contribution in [-0.4, -0.2) is 43.0 Å². The Labute approximate surface area is 116 Å². The molecule has 0 spiro atoms. The highest BCUT2D eigenvalue weighted by Gasteiger charge is 2.20. The van der Waals surface area contributed by atoms with Crippen LogP contribution in [0, 0.1) is 0 Å². The van der Waals surface area contributed by atoms with Crippen molar-refractivity contribution >= 4 is 27.5 Å². The number of anilines is 1. The van der Waals surface area contributed by atoms with E-state index in [1.54, 1.807) is 0 Å². The average molecular weight is 312 g/mol. The Hall–Kier alpha value is -0.910. The minimum atomic E-state index is 0.0376. The third-order valence-electron chi connectivity index (χ3n) is 3.13. The Bertz CT molecular complexity index is 424. The summed E-state index contributed by atoms with van der Waals surface area (Å²) in [6, 6.07) is 8.06. The van der Waals surface area contributed by atoms with Gasteiger partial charge in [-0.05, 0) is 35.0 Å². The van der Waals surface area contributed by atoms with Crippen LogP contribution in [-0.2, 0) is 4.79 Å². The minimum Gasteiger partial charge on any atom is -0.324 e. The van der Waals surface area contributed by atoms with Crippen molar-refractivity contribution in [2.45, 2.75) is 13.0 Å². The van der Waals surface area contributed by atoms with E-state index in [1.807, 2.05) is 24.3 Å². The fourth-order valence-electron chi connectivity index (χ4n) is 2.05. The molecular weight excluding hydrogens is 294 g/mol. The van der Waals surface area contributed by atoms with Crippen LogP contribution < -0.4 is 10.6 Å². The molecule has 1 heterocycles. The number of rotatable bonds is 3. The third-order valence-corrected chi connectivity index (χ3v) is 3.83. The molecule has 1 saturated heterocycles. The normalized spacial score (nSPS) is 20.7. The number of nitrogens with one attached hydrogen (secondary N) is 2. The molecule has 1 aliphatic rings. The van der Waals surface area contributed by atoms with Gasteiger partial charge in [0.05, 0.1) is 12.2 Å². The van der Waals surface area contributed by atoms with E-state index in [0.717, 1.165) is 29.8 Å². The maximum atomic E-state index is 12.0. The Balaban J connectivity index is 1.90. The highest BCUT2D eigenvalue weighted by atomic mass is 79.9. The van der Waals surface area contributed by atoms with E-state index >= 15 is 0 Å². The lowest BCUT2D eigenvalue weighted by molar-refractivity contribution is -0.118. The number of carbonyl (C=O) groups excluding carboxylic acids is 1. The molecule has 2 N–H and O–H groups in total. The monoisotopic (exact) mass is 311 g/mol. The van der Waals surface area contributed by atoms with Crippen molar-refractivity contribution < 1.29 is 4.79 Å². The van der Waals surface area contributed by atoms with Gasteiger partial charge in [0.15, 0.2) is 0 Å². The SMILES string of the molecule is C[C@@H]1CNCCN1CC(=O)Nc1ccccc1Br. The molecule has 5 heteroatoms. The number of benzene rings is 1. The van der Waals surface area contributed by atoms with E-state index in [4.69, 9.17) is 0 Å². The molecule has 0 aliphatic carbocycles. The van der Waals surface area contributed by atoms with Gasteiger partial charge < -0.3 is 10.6 Å². The summed E-state index contributed by atoms with van der Waals surface area (Å²) < 4.78 is 0.909. The summed E-state index contributed by atoms with van der Waals surface area (Å²) in [5.74, 6) is 0.0376. The standard InChI is InChI=1S/C13H18BrN3O/c1-10-8-15-6-7-17(10)9-13(18)16-12-5-3-2-4-11(12)14/h2-5,10,15H,6-9H2,1H3,(H,16,18)/t10-/m1/s1. The van der Waals surface area contributed by atoms with Crippen molar-refractivity contribution in [2.24, 2.45) is 0 Å². The lowest BCUT2D eigenvalue weighted by Gasteiger charge is -2.33. The number of carbonyl (C=O) groups is 1. The molecule has 0 aromatic heterocycles. The zero-order valence-electron chi connectivity index (χ0n) is 10.4. The van der Waals surface area contributed by atoms with E-state index in [2.05, 4.69) is 38.4 Å². The summed E-state index contributed by atoms with van der Waals surface area (Å²) in [5, 5.41) is 6.25. The first-order valence-electron chi connectivity index (χ1n) is 6.16. The van der Waals surface area contributed by atoms with Crippen molar-refractivity contribution in [2.75, 3.05) is 31.5 Å². The summed E-state index contributed by atoms with van der Waals surface area (Å²) >= 11 is 3.42. The van der Waals surface area contributed by atoms with Gasteiger partial charge in [-0.25, -0.2) is 0 Å². The average Bonchev–Trinajstić information content (AvgIpc) is 2.35. The van der Waals surface area contributed by atoms with E-state index in [-0.39, 0.29) is 5.91 Å². The topological polar surface area (TPSA) is 44.4 Å². The second-order valence-corrected chi connectivity index (χ2v) is 5.41. The molecule has 1 fully saturated rings. The van der Waals surface area contributed by atoms with Crippen LogP contribution in [0.2, 0.25) is 0 Å². The van der Waals surface area contributed by atoms with Crippen molar-refractivity contribution in [1.82, 2.24) is 10.2 Å². The number of hydrogen-bond donors (Lipinski definition) is 2. The molecule has 0 saturated carbocycles. The molecule has 1 aromatic rings. The fraction of sp³-hybridized carbons (Fsp3) is 0.462. The van der Waals surface area contributed by atoms with Crippen molar-refractivity contribution in [1.29, 1.82) is 0 Å². The molecule has 0 radical (unpaired) electrons. The number of nitrogens with zero attached hydrogens (tertiary/aromatic N) is 1. The zero-order valence-corrected chi connectivity index (χ0v) is 12.0. The lowest BCUT2D eigenvalue weighted by atomic mass is 10.2. The zero-order chi connectivity index (χ0) is 13.0. The number of piperazine rings is 1. The Morgan fingerprint density at radius 2 is 2.33 bits per heavy atom. The van der Waals surface area contributed by atoms with Crippen LogP contribution in [0.25, 0.3) is 0 Å². The van der Waals surface area contributed by atoms with Crippen LogP contribution >= 0.6 is 15.9 Å². The number of para-hydroxylation sites is 1. The maximum absolute atomic E-state index is 12.0. The van der Waals surface area contributed by atoms with Gasteiger partial charge in [-0.2, -0.15) is 0 Å². The molecular formula is C13H18BrN3O. The summed E-state index contributed by atoms with van der Waals surface area (Å²) in [7, 11) is 0. The van der Waals surface area contributed by atoms with Crippen LogP contribution in [0.1, 0.15) is 6.92 Å². The van der Waals surface area contributed by atoms with Gasteiger partial charge in [-0.1, -0.05) is 12.1 Å². The lowest BCUT2D eigenvalue weighted by Crippen LogP contribution is -2.51. The van der Waals surface area contributed by atoms with Gasteiger partial charge in [0, 0.05) is 30.1 Å². The number of amides is 1. The third kappa shape index (κ3) is 3.54. The van der Waals surface area contributed by atoms with Crippen LogP contribution in [0.15, 0.2) is 28.7 Å². The molecule has 1 aliphatic heterocycles. The summed E-state index contributed by atoms with van der Waals surface area (Å²) in [6.45, 7) is 5.40. The summed E-state index contributed by atoms with van der Waals surface area (Å²) in [5.41, 5.74) is 0.824. The Morgan fingerprint density at radius 3 is 3.06 bits per heavy atom. The molecule has 4 nitrogen and oxygen atoms in total. The summed E-state index contributed by atoms with van der Waals surface area (Å²) in [4.78, 5) is 14.2. The van der Waals surface area contributed by atoms with Crippen molar-refractivity contribution in [3.8, 4) is 0 Å². The van der Waals surface area contributed by atoms with E-state index in [9.17, 15) is 4.79 Å². The quantitative estimate of drug-likeness (QED) is 0.892. The molecule has 0 unspecified atom stereocenters. The van der Waals surface area contributed by atoms with Gasteiger partial charge in [-0.3, -0.25) is 9.69 Å². The van der Waals surface area contributed by atoms with Crippen LogP contribution in [0.3, 0.4) is 0 Å². The predicted molar refractivity (Wildman–Crippen MR) is 76.7 cm³/mol. The van der Waals surface area contributed by atoms with Crippen molar-refractivity contribution in [3.05, 3.63) is 28.7 Å². The first-order valence-corrected chi connectivity index (χ1v) is 6.95. The molecule has 98 valence electrons.